The van der Waals surface area contributed by atoms with Crippen LogP contribution in [-0.2, 0) is 19.4 Å². The summed E-state index contributed by atoms with van der Waals surface area (Å²) in [6.07, 6.45) is 4.07. The van der Waals surface area contributed by atoms with Gasteiger partial charge < -0.3 is 9.47 Å². The highest BCUT2D eigenvalue weighted by Crippen LogP contribution is 2.31. The van der Waals surface area contributed by atoms with Gasteiger partial charge >= 0.3 is 0 Å². The Bertz CT molecular complexity index is 775. The molecule has 0 bridgehead atoms. The lowest BCUT2D eigenvalue weighted by Gasteiger charge is -2.19. The molecule has 23 heavy (non-hydrogen) atoms. The Morgan fingerprint density at radius 2 is 2.00 bits per heavy atom. The van der Waals surface area contributed by atoms with Gasteiger partial charge in [0.05, 0.1) is 5.56 Å². The monoisotopic (exact) mass is 328 g/mol. The third-order valence-corrected chi connectivity index (χ3v) is 5.54. The van der Waals surface area contributed by atoms with Gasteiger partial charge in [-0.3, -0.25) is 9.59 Å². The molecule has 0 aromatic carbocycles. The Hall–Kier alpha value is -1.88. The Morgan fingerprint density at radius 3 is 2.74 bits per heavy atom. The van der Waals surface area contributed by atoms with E-state index in [4.69, 9.17) is 0 Å². The van der Waals surface area contributed by atoms with E-state index in [9.17, 15) is 9.59 Å². The number of pyridine rings is 1. The van der Waals surface area contributed by atoms with Gasteiger partial charge in [-0.2, -0.15) is 11.3 Å². The third-order valence-electron chi connectivity index (χ3n) is 4.85. The summed E-state index contributed by atoms with van der Waals surface area (Å²) >= 11 is 1.55. The van der Waals surface area contributed by atoms with Crippen molar-refractivity contribution in [2.45, 2.75) is 32.2 Å². The zero-order chi connectivity index (χ0) is 15.8. The lowest BCUT2D eigenvalue weighted by molar-refractivity contribution is 0.0763. The van der Waals surface area contributed by atoms with Crippen molar-refractivity contribution in [3.63, 3.8) is 0 Å². The number of rotatable bonds is 3. The van der Waals surface area contributed by atoms with Gasteiger partial charge in [0.2, 0.25) is 0 Å². The highest BCUT2D eigenvalue weighted by atomic mass is 32.1. The number of nitrogens with zero attached hydrogens (tertiary/aromatic N) is 2. The van der Waals surface area contributed by atoms with Crippen molar-refractivity contribution in [3.05, 3.63) is 56.1 Å². The van der Waals surface area contributed by atoms with Gasteiger partial charge in [0, 0.05) is 43.2 Å². The molecule has 0 N–H and O–H groups in total. The molecule has 0 unspecified atom stereocenters. The van der Waals surface area contributed by atoms with Gasteiger partial charge in [0.1, 0.15) is 0 Å². The minimum atomic E-state index is 0.105. The smallest absolute Gasteiger partial charge is 0.254 e. The Morgan fingerprint density at radius 1 is 1.17 bits per heavy atom. The van der Waals surface area contributed by atoms with Crippen molar-refractivity contribution in [3.8, 4) is 0 Å². The van der Waals surface area contributed by atoms with Crippen molar-refractivity contribution >= 4 is 17.2 Å². The van der Waals surface area contributed by atoms with Crippen molar-refractivity contribution in [1.82, 2.24) is 9.47 Å². The van der Waals surface area contributed by atoms with Crippen molar-refractivity contribution in [2.75, 3.05) is 13.1 Å². The summed E-state index contributed by atoms with van der Waals surface area (Å²) in [5, 5.41) is 3.84. The van der Waals surface area contributed by atoms with Crippen LogP contribution in [0, 0.1) is 5.92 Å². The summed E-state index contributed by atoms with van der Waals surface area (Å²) < 4.78 is 1.96. The fourth-order valence-corrected chi connectivity index (χ4v) is 3.96. The first-order valence-corrected chi connectivity index (χ1v) is 9.20. The maximum Gasteiger partial charge on any atom is 0.254 e. The van der Waals surface area contributed by atoms with E-state index in [1.54, 1.807) is 17.4 Å². The molecule has 4 rings (SSSR count). The molecular weight excluding hydrogens is 308 g/mol. The van der Waals surface area contributed by atoms with Crippen LogP contribution in [0.1, 0.15) is 34.5 Å². The van der Waals surface area contributed by atoms with E-state index in [2.05, 4.69) is 0 Å². The minimum absolute atomic E-state index is 0.105. The molecule has 0 spiro atoms. The lowest BCUT2D eigenvalue weighted by Crippen LogP contribution is -2.33. The molecule has 0 atom stereocenters. The predicted molar refractivity (Wildman–Crippen MR) is 91.1 cm³/mol. The standard InChI is InChI=1S/C18H20N2O2S/c21-17-4-3-14-5-8-19(18(22)15-7-10-23-12-15)9-6-16(14)20(17)11-13-1-2-13/h3-4,7,10,12-13H,1-2,5-6,8-9,11H2. The maximum atomic E-state index is 12.6. The second kappa shape index (κ2) is 5.96. The fraction of sp³-hybridized carbons (Fsp3) is 0.444. The number of hydrogen-bond acceptors (Lipinski definition) is 3. The average Bonchev–Trinajstić information content (AvgIpc) is 3.26. The quantitative estimate of drug-likeness (QED) is 0.869. The van der Waals surface area contributed by atoms with Crippen LogP contribution < -0.4 is 5.56 Å². The summed E-state index contributed by atoms with van der Waals surface area (Å²) in [6.45, 7) is 2.26. The van der Waals surface area contributed by atoms with E-state index < -0.39 is 0 Å². The number of fused-ring (bicyclic) bond motifs is 1. The molecule has 5 heteroatoms. The molecule has 1 amide bonds. The normalized spacial score (nSPS) is 17.7. The van der Waals surface area contributed by atoms with Gasteiger partial charge in [-0.15, -0.1) is 0 Å². The van der Waals surface area contributed by atoms with E-state index in [0.29, 0.717) is 12.5 Å². The molecule has 0 radical (unpaired) electrons. The number of aromatic nitrogens is 1. The zero-order valence-corrected chi connectivity index (χ0v) is 13.8. The largest absolute Gasteiger partial charge is 0.338 e. The second-order valence-electron chi connectivity index (χ2n) is 6.50. The molecule has 2 aliphatic rings. The molecule has 2 aromatic heterocycles. The SMILES string of the molecule is O=C(c1ccsc1)N1CCc2ccc(=O)n(CC3CC3)c2CC1. The van der Waals surface area contributed by atoms with Crippen molar-refractivity contribution in [1.29, 1.82) is 0 Å². The highest BCUT2D eigenvalue weighted by Gasteiger charge is 2.26. The third kappa shape index (κ3) is 2.98. The molecule has 2 aromatic rings. The summed E-state index contributed by atoms with van der Waals surface area (Å²) in [5.74, 6) is 0.779. The molecular formula is C18H20N2O2S. The molecule has 1 aliphatic heterocycles. The minimum Gasteiger partial charge on any atom is -0.338 e. The van der Waals surface area contributed by atoms with Crippen LogP contribution in [0.25, 0.3) is 0 Å². The van der Waals surface area contributed by atoms with Gasteiger partial charge in [0.15, 0.2) is 0 Å². The van der Waals surface area contributed by atoms with Crippen LogP contribution in [0.5, 0.6) is 0 Å². The predicted octanol–water partition coefficient (Wildman–Crippen LogP) is 2.56. The van der Waals surface area contributed by atoms with E-state index in [-0.39, 0.29) is 11.5 Å². The molecule has 4 nitrogen and oxygen atoms in total. The first-order chi connectivity index (χ1) is 11.2. The van der Waals surface area contributed by atoms with Crippen LogP contribution in [0.15, 0.2) is 33.8 Å². The van der Waals surface area contributed by atoms with Gasteiger partial charge in [-0.05, 0) is 42.2 Å². The lowest BCUT2D eigenvalue weighted by atomic mass is 10.1. The summed E-state index contributed by atoms with van der Waals surface area (Å²) in [5.41, 5.74) is 3.25. The fourth-order valence-electron chi connectivity index (χ4n) is 3.33. The summed E-state index contributed by atoms with van der Waals surface area (Å²) in [7, 11) is 0. The van der Waals surface area contributed by atoms with Gasteiger partial charge in [-0.25, -0.2) is 0 Å². The summed E-state index contributed by atoms with van der Waals surface area (Å²) in [6, 6.07) is 5.53. The molecule has 120 valence electrons. The first kappa shape index (κ1) is 14.7. The Labute approximate surface area is 139 Å². The van der Waals surface area contributed by atoms with Crippen LogP contribution in [0.2, 0.25) is 0 Å². The topological polar surface area (TPSA) is 42.3 Å². The van der Waals surface area contributed by atoms with E-state index >= 15 is 0 Å². The highest BCUT2D eigenvalue weighted by molar-refractivity contribution is 7.08. The van der Waals surface area contributed by atoms with Gasteiger partial charge in [-0.1, -0.05) is 6.07 Å². The number of carbonyl (C=O) groups excluding carboxylic acids is 1. The van der Waals surface area contributed by atoms with E-state index in [1.165, 1.54) is 18.4 Å². The second-order valence-corrected chi connectivity index (χ2v) is 7.28. The van der Waals surface area contributed by atoms with Crippen LogP contribution in [-0.4, -0.2) is 28.5 Å². The number of thiophene rings is 1. The van der Waals surface area contributed by atoms with E-state index in [0.717, 1.165) is 37.2 Å². The maximum absolute atomic E-state index is 12.6. The van der Waals surface area contributed by atoms with Crippen LogP contribution in [0.4, 0.5) is 0 Å². The molecule has 1 aliphatic carbocycles. The van der Waals surface area contributed by atoms with Crippen molar-refractivity contribution in [2.24, 2.45) is 5.92 Å². The number of carbonyl (C=O) groups is 1. The Kier molecular flexibility index (Phi) is 3.81. The van der Waals surface area contributed by atoms with Crippen LogP contribution in [0.3, 0.4) is 0 Å². The molecule has 3 heterocycles. The first-order valence-electron chi connectivity index (χ1n) is 8.25. The molecule has 1 saturated carbocycles. The number of hydrogen-bond donors (Lipinski definition) is 0. The average molecular weight is 328 g/mol. The summed E-state index contributed by atoms with van der Waals surface area (Å²) in [4.78, 5) is 26.7. The Balaban J connectivity index is 1.58. The van der Waals surface area contributed by atoms with Crippen LogP contribution >= 0.6 is 11.3 Å². The van der Waals surface area contributed by atoms with Crippen molar-refractivity contribution < 1.29 is 4.79 Å². The molecule has 1 fully saturated rings. The van der Waals surface area contributed by atoms with Gasteiger partial charge in [0.25, 0.3) is 11.5 Å². The van der Waals surface area contributed by atoms with E-state index in [1.807, 2.05) is 32.4 Å². The molecule has 0 saturated heterocycles. The zero-order valence-electron chi connectivity index (χ0n) is 13.0. The number of amides is 1.